The highest BCUT2D eigenvalue weighted by Gasteiger charge is 2.11. The van der Waals surface area contributed by atoms with Crippen molar-refractivity contribution in [1.82, 2.24) is 5.43 Å². The van der Waals surface area contributed by atoms with Crippen molar-refractivity contribution in [2.24, 2.45) is 5.10 Å². The van der Waals surface area contributed by atoms with Gasteiger partial charge in [0.05, 0.1) is 10.6 Å². The van der Waals surface area contributed by atoms with Gasteiger partial charge in [-0.2, -0.15) is 5.10 Å². The van der Waals surface area contributed by atoms with E-state index in [9.17, 15) is 20.0 Å². The number of nitro benzene ring substituents is 1. The highest BCUT2D eigenvalue weighted by atomic mass is 16.6. The van der Waals surface area contributed by atoms with Crippen LogP contribution in [-0.2, 0) is 0 Å². The Morgan fingerprint density at radius 3 is 2.50 bits per heavy atom. The van der Waals surface area contributed by atoms with Crippen LogP contribution in [0.4, 0.5) is 5.69 Å². The zero-order valence-corrected chi connectivity index (χ0v) is 11.7. The fraction of sp³-hybridized carbons (Fsp3) is 0.0667. The van der Waals surface area contributed by atoms with Gasteiger partial charge in [-0.1, -0.05) is 6.07 Å². The van der Waals surface area contributed by atoms with Gasteiger partial charge in [-0.15, -0.1) is 0 Å². The average Bonchev–Trinajstić information content (AvgIpc) is 2.53. The summed E-state index contributed by atoms with van der Waals surface area (Å²) in [7, 11) is 0. The number of hydrogen-bond donors (Lipinski definition) is 2. The van der Waals surface area contributed by atoms with Crippen LogP contribution in [0.15, 0.2) is 53.6 Å². The van der Waals surface area contributed by atoms with Crippen LogP contribution < -0.4 is 5.43 Å². The SMILES string of the molecule is C/C(=N\NC(=O)c1cccc([N+](=O)[O-])c1)c1ccc(O)cc1. The molecule has 0 spiro atoms. The number of nitro groups is 1. The molecular weight excluding hydrogens is 286 g/mol. The Morgan fingerprint density at radius 1 is 1.18 bits per heavy atom. The Balaban J connectivity index is 2.11. The summed E-state index contributed by atoms with van der Waals surface area (Å²) < 4.78 is 0. The lowest BCUT2D eigenvalue weighted by molar-refractivity contribution is -0.384. The molecule has 0 saturated carbocycles. The molecule has 7 heteroatoms. The van der Waals surface area contributed by atoms with E-state index in [-0.39, 0.29) is 17.0 Å². The lowest BCUT2D eigenvalue weighted by atomic mass is 10.1. The molecule has 0 aliphatic heterocycles. The molecule has 0 heterocycles. The van der Waals surface area contributed by atoms with Crippen LogP contribution in [0.3, 0.4) is 0 Å². The number of rotatable bonds is 4. The molecule has 2 aromatic carbocycles. The van der Waals surface area contributed by atoms with Crippen LogP contribution >= 0.6 is 0 Å². The Labute approximate surface area is 126 Å². The molecule has 1 amide bonds. The molecule has 2 N–H and O–H groups in total. The van der Waals surface area contributed by atoms with E-state index in [1.54, 1.807) is 19.1 Å². The number of nitrogens with zero attached hydrogens (tertiary/aromatic N) is 2. The summed E-state index contributed by atoms with van der Waals surface area (Å²) in [6.45, 7) is 1.69. The third kappa shape index (κ3) is 3.66. The molecule has 0 atom stereocenters. The summed E-state index contributed by atoms with van der Waals surface area (Å²) in [5, 5.41) is 23.8. The second-order valence-electron chi connectivity index (χ2n) is 4.49. The van der Waals surface area contributed by atoms with E-state index in [1.807, 2.05) is 0 Å². The van der Waals surface area contributed by atoms with E-state index >= 15 is 0 Å². The number of hydrogen-bond acceptors (Lipinski definition) is 5. The Morgan fingerprint density at radius 2 is 1.86 bits per heavy atom. The lowest BCUT2D eigenvalue weighted by Crippen LogP contribution is -2.19. The lowest BCUT2D eigenvalue weighted by Gasteiger charge is -2.03. The molecule has 0 saturated heterocycles. The van der Waals surface area contributed by atoms with Crippen LogP contribution in [0.25, 0.3) is 0 Å². The molecule has 0 unspecified atom stereocenters. The number of non-ortho nitro benzene ring substituents is 1. The zero-order chi connectivity index (χ0) is 16.1. The molecule has 0 fully saturated rings. The first kappa shape index (κ1) is 15.2. The quantitative estimate of drug-likeness (QED) is 0.514. The Kier molecular flexibility index (Phi) is 4.47. The van der Waals surface area contributed by atoms with Gasteiger partial charge in [0.2, 0.25) is 0 Å². The summed E-state index contributed by atoms with van der Waals surface area (Å²) in [6, 6.07) is 11.7. The Bertz CT molecular complexity index is 739. The first-order valence-corrected chi connectivity index (χ1v) is 6.36. The van der Waals surface area contributed by atoms with E-state index in [4.69, 9.17) is 0 Å². The van der Waals surface area contributed by atoms with Gasteiger partial charge in [-0.05, 0) is 42.8 Å². The van der Waals surface area contributed by atoms with Crippen LogP contribution in [0.5, 0.6) is 5.75 Å². The zero-order valence-electron chi connectivity index (χ0n) is 11.7. The molecule has 7 nitrogen and oxygen atoms in total. The van der Waals surface area contributed by atoms with Crippen molar-refractivity contribution in [2.45, 2.75) is 6.92 Å². The second-order valence-corrected chi connectivity index (χ2v) is 4.49. The number of nitrogens with one attached hydrogen (secondary N) is 1. The fourth-order valence-electron chi connectivity index (χ4n) is 1.73. The summed E-state index contributed by atoms with van der Waals surface area (Å²) >= 11 is 0. The highest BCUT2D eigenvalue weighted by Crippen LogP contribution is 2.13. The number of hydrazone groups is 1. The molecule has 0 radical (unpaired) electrons. The molecule has 2 aromatic rings. The molecule has 0 aromatic heterocycles. The fourth-order valence-corrected chi connectivity index (χ4v) is 1.73. The van der Waals surface area contributed by atoms with Crippen molar-refractivity contribution in [1.29, 1.82) is 0 Å². The largest absolute Gasteiger partial charge is 0.508 e. The number of carbonyl (C=O) groups excluding carboxylic acids is 1. The number of phenols is 1. The minimum absolute atomic E-state index is 0.136. The van der Waals surface area contributed by atoms with E-state index in [0.717, 1.165) is 5.56 Å². The smallest absolute Gasteiger partial charge is 0.271 e. The molecule has 0 aliphatic carbocycles. The third-order valence-electron chi connectivity index (χ3n) is 2.93. The van der Waals surface area contributed by atoms with Crippen LogP contribution in [0, 0.1) is 10.1 Å². The summed E-state index contributed by atoms with van der Waals surface area (Å²) in [4.78, 5) is 22.0. The topological polar surface area (TPSA) is 105 Å². The Hall–Kier alpha value is -3.22. The number of amides is 1. The second kappa shape index (κ2) is 6.49. The van der Waals surface area contributed by atoms with E-state index in [2.05, 4.69) is 10.5 Å². The minimum atomic E-state index is -0.568. The van der Waals surface area contributed by atoms with Crippen molar-refractivity contribution in [2.75, 3.05) is 0 Å². The number of carbonyl (C=O) groups is 1. The third-order valence-corrected chi connectivity index (χ3v) is 2.93. The molecular formula is C15H13N3O4. The van der Waals surface area contributed by atoms with Gasteiger partial charge < -0.3 is 5.11 Å². The van der Waals surface area contributed by atoms with Crippen molar-refractivity contribution >= 4 is 17.3 Å². The predicted molar refractivity (Wildman–Crippen MR) is 80.9 cm³/mol. The minimum Gasteiger partial charge on any atom is -0.508 e. The van der Waals surface area contributed by atoms with Gasteiger partial charge in [-0.25, -0.2) is 5.43 Å². The van der Waals surface area contributed by atoms with Gasteiger partial charge in [0, 0.05) is 17.7 Å². The maximum Gasteiger partial charge on any atom is 0.271 e. The first-order chi connectivity index (χ1) is 10.5. The van der Waals surface area contributed by atoms with E-state index in [1.165, 1.54) is 36.4 Å². The van der Waals surface area contributed by atoms with Gasteiger partial charge >= 0.3 is 0 Å². The first-order valence-electron chi connectivity index (χ1n) is 6.36. The van der Waals surface area contributed by atoms with Gasteiger partial charge in [0.1, 0.15) is 5.75 Å². The molecule has 0 aliphatic rings. The van der Waals surface area contributed by atoms with Crippen LogP contribution in [0.2, 0.25) is 0 Å². The van der Waals surface area contributed by atoms with E-state index < -0.39 is 10.8 Å². The maximum atomic E-state index is 11.9. The predicted octanol–water partition coefficient (Wildman–Crippen LogP) is 2.45. The van der Waals surface area contributed by atoms with Crippen LogP contribution in [0.1, 0.15) is 22.8 Å². The molecule has 22 heavy (non-hydrogen) atoms. The van der Waals surface area contributed by atoms with Crippen molar-refractivity contribution < 1.29 is 14.8 Å². The van der Waals surface area contributed by atoms with Crippen molar-refractivity contribution in [3.8, 4) is 5.75 Å². The molecule has 2 rings (SSSR count). The highest BCUT2D eigenvalue weighted by molar-refractivity contribution is 6.01. The summed E-state index contributed by atoms with van der Waals surface area (Å²) in [6.07, 6.45) is 0. The summed E-state index contributed by atoms with van der Waals surface area (Å²) in [5.74, 6) is -0.404. The number of phenolic OH excluding ortho intramolecular Hbond substituents is 1. The molecule has 112 valence electrons. The maximum absolute atomic E-state index is 11.9. The van der Waals surface area contributed by atoms with Gasteiger partial charge in [0.25, 0.3) is 11.6 Å². The molecule has 0 bridgehead atoms. The number of aromatic hydroxyl groups is 1. The van der Waals surface area contributed by atoms with Crippen molar-refractivity contribution in [3.05, 3.63) is 69.8 Å². The standard InChI is InChI=1S/C15H13N3O4/c1-10(11-5-7-14(19)8-6-11)16-17-15(20)12-3-2-4-13(9-12)18(21)22/h2-9,19H,1H3,(H,17,20)/b16-10+. The normalized spacial score (nSPS) is 11.0. The van der Waals surface area contributed by atoms with Gasteiger partial charge in [0.15, 0.2) is 0 Å². The summed E-state index contributed by atoms with van der Waals surface area (Å²) in [5.41, 5.74) is 3.61. The van der Waals surface area contributed by atoms with E-state index in [0.29, 0.717) is 5.71 Å². The monoisotopic (exact) mass is 299 g/mol. The average molecular weight is 299 g/mol. The van der Waals surface area contributed by atoms with Crippen molar-refractivity contribution in [3.63, 3.8) is 0 Å². The van der Waals surface area contributed by atoms with Crippen LogP contribution in [-0.4, -0.2) is 21.6 Å². The number of benzene rings is 2. The van der Waals surface area contributed by atoms with Gasteiger partial charge in [-0.3, -0.25) is 14.9 Å².